The van der Waals surface area contributed by atoms with Crippen molar-refractivity contribution in [2.75, 3.05) is 11.9 Å². The maximum atomic E-state index is 12.7. The molecule has 1 amide bonds. The molecule has 0 aliphatic rings. The van der Waals surface area contributed by atoms with E-state index in [2.05, 4.69) is 20.6 Å². The lowest BCUT2D eigenvalue weighted by molar-refractivity contribution is 0.0958. The predicted octanol–water partition coefficient (Wildman–Crippen LogP) is 4.63. The summed E-state index contributed by atoms with van der Waals surface area (Å²) < 4.78 is 0. The molecule has 0 bridgehead atoms. The number of benzene rings is 2. The summed E-state index contributed by atoms with van der Waals surface area (Å²) in [5, 5.41) is 17.4. The molecule has 0 saturated carbocycles. The van der Waals surface area contributed by atoms with Crippen molar-refractivity contribution in [3.05, 3.63) is 88.7 Å². The molecule has 4 aromatic rings. The molecule has 3 N–H and O–H groups in total. The largest absolute Gasteiger partial charge is 0.508 e. The number of hydrogen-bond acceptors (Lipinski definition) is 6. The fraction of sp³-hybridized carbons (Fsp3) is 0.0870. The average Bonchev–Trinajstić information content (AvgIpc) is 3.26. The van der Waals surface area contributed by atoms with Crippen LogP contribution in [0.5, 0.6) is 5.75 Å². The van der Waals surface area contributed by atoms with Crippen LogP contribution in [0, 0.1) is 0 Å². The lowest BCUT2D eigenvalue weighted by atomic mass is 10.1. The zero-order valence-corrected chi connectivity index (χ0v) is 16.9. The fourth-order valence-corrected chi connectivity index (χ4v) is 3.79. The zero-order chi connectivity index (χ0) is 20.8. The number of nitrogens with zero attached hydrogens (tertiary/aromatic N) is 2. The summed E-state index contributed by atoms with van der Waals surface area (Å²) in [6.45, 7) is 0.567. The lowest BCUT2D eigenvalue weighted by Crippen LogP contribution is -2.25. The molecule has 6 nitrogen and oxygen atoms in total. The highest BCUT2D eigenvalue weighted by Gasteiger charge is 2.16. The van der Waals surface area contributed by atoms with Crippen LogP contribution in [0.2, 0.25) is 0 Å². The first kappa shape index (κ1) is 19.6. The highest BCUT2D eigenvalue weighted by atomic mass is 32.1. The third-order valence-corrected chi connectivity index (χ3v) is 5.38. The number of amides is 1. The SMILES string of the molecule is O=C(NCCc1ccccc1)c1sccc1-c1ccnc(Nc2ccc(O)cc2)n1. The normalized spacial score (nSPS) is 10.5. The number of nitrogens with one attached hydrogen (secondary N) is 2. The molecular weight excluding hydrogens is 396 g/mol. The summed E-state index contributed by atoms with van der Waals surface area (Å²) in [6, 6.07) is 20.4. The van der Waals surface area contributed by atoms with E-state index < -0.39 is 0 Å². The van der Waals surface area contributed by atoms with Crippen LogP contribution in [0.4, 0.5) is 11.6 Å². The Morgan fingerprint density at radius 3 is 2.60 bits per heavy atom. The van der Waals surface area contributed by atoms with Crippen molar-refractivity contribution in [3.63, 3.8) is 0 Å². The molecule has 0 aliphatic heterocycles. The predicted molar refractivity (Wildman–Crippen MR) is 119 cm³/mol. The molecule has 30 heavy (non-hydrogen) atoms. The van der Waals surface area contributed by atoms with E-state index >= 15 is 0 Å². The highest BCUT2D eigenvalue weighted by Crippen LogP contribution is 2.28. The standard InChI is InChI=1S/C23H20N4O2S/c28-18-8-6-17(7-9-18)26-23-25-14-11-20(27-23)19-12-15-30-21(19)22(29)24-13-10-16-4-2-1-3-5-16/h1-9,11-12,14-15,28H,10,13H2,(H,24,29)(H,25,26,27). The number of carbonyl (C=O) groups is 1. The van der Waals surface area contributed by atoms with Crippen LogP contribution in [0.15, 0.2) is 78.3 Å². The van der Waals surface area contributed by atoms with Gasteiger partial charge in [-0.05, 0) is 53.8 Å². The first-order valence-electron chi connectivity index (χ1n) is 9.48. The Bertz CT molecular complexity index is 1130. The molecule has 0 spiro atoms. The molecular formula is C23H20N4O2S. The smallest absolute Gasteiger partial charge is 0.262 e. The van der Waals surface area contributed by atoms with Gasteiger partial charge in [0.05, 0.1) is 5.69 Å². The van der Waals surface area contributed by atoms with E-state index in [-0.39, 0.29) is 11.7 Å². The number of aromatic nitrogens is 2. The van der Waals surface area contributed by atoms with E-state index in [1.54, 1.807) is 36.5 Å². The quantitative estimate of drug-likeness (QED) is 0.383. The van der Waals surface area contributed by atoms with Crippen LogP contribution in [-0.2, 0) is 6.42 Å². The van der Waals surface area contributed by atoms with Crippen molar-refractivity contribution >= 4 is 28.9 Å². The summed E-state index contributed by atoms with van der Waals surface area (Å²) in [6.07, 6.45) is 2.43. The Hall–Kier alpha value is -3.71. The molecule has 150 valence electrons. The first-order chi connectivity index (χ1) is 14.7. The number of phenolic OH excluding ortho intramolecular Hbond substituents is 1. The summed E-state index contributed by atoms with van der Waals surface area (Å²) >= 11 is 1.39. The van der Waals surface area contributed by atoms with Gasteiger partial charge in [0.2, 0.25) is 5.95 Å². The van der Waals surface area contributed by atoms with Crippen molar-refractivity contribution in [1.82, 2.24) is 15.3 Å². The minimum atomic E-state index is -0.109. The van der Waals surface area contributed by atoms with Gasteiger partial charge in [-0.1, -0.05) is 30.3 Å². The van der Waals surface area contributed by atoms with Crippen molar-refractivity contribution in [1.29, 1.82) is 0 Å². The zero-order valence-electron chi connectivity index (χ0n) is 16.1. The molecule has 2 aromatic heterocycles. The molecule has 0 radical (unpaired) electrons. The van der Waals surface area contributed by atoms with Gasteiger partial charge in [-0.3, -0.25) is 4.79 Å². The minimum absolute atomic E-state index is 0.109. The van der Waals surface area contributed by atoms with E-state index in [1.807, 2.05) is 41.8 Å². The molecule has 0 atom stereocenters. The van der Waals surface area contributed by atoms with Crippen molar-refractivity contribution in [2.45, 2.75) is 6.42 Å². The molecule has 2 aromatic carbocycles. The van der Waals surface area contributed by atoms with Gasteiger partial charge in [0.1, 0.15) is 10.6 Å². The lowest BCUT2D eigenvalue weighted by Gasteiger charge is -2.08. The second-order valence-electron chi connectivity index (χ2n) is 6.59. The maximum Gasteiger partial charge on any atom is 0.262 e. The minimum Gasteiger partial charge on any atom is -0.508 e. The number of thiophene rings is 1. The van der Waals surface area contributed by atoms with Crippen LogP contribution in [-0.4, -0.2) is 27.5 Å². The molecule has 0 aliphatic carbocycles. The van der Waals surface area contributed by atoms with E-state index in [4.69, 9.17) is 0 Å². The molecule has 0 fully saturated rings. The Kier molecular flexibility index (Phi) is 6.01. The Morgan fingerprint density at radius 2 is 1.80 bits per heavy atom. The second kappa shape index (κ2) is 9.19. The van der Waals surface area contributed by atoms with E-state index in [0.717, 1.165) is 17.7 Å². The van der Waals surface area contributed by atoms with Crippen LogP contribution >= 0.6 is 11.3 Å². The summed E-state index contributed by atoms with van der Waals surface area (Å²) in [7, 11) is 0. The number of anilines is 2. The maximum absolute atomic E-state index is 12.7. The van der Waals surface area contributed by atoms with Crippen LogP contribution in [0.3, 0.4) is 0 Å². The number of rotatable bonds is 7. The second-order valence-corrected chi connectivity index (χ2v) is 7.51. The Balaban J connectivity index is 1.45. The summed E-state index contributed by atoms with van der Waals surface area (Å²) in [4.78, 5) is 22.1. The van der Waals surface area contributed by atoms with Crippen molar-refractivity contribution < 1.29 is 9.90 Å². The van der Waals surface area contributed by atoms with Gasteiger partial charge >= 0.3 is 0 Å². The Morgan fingerprint density at radius 1 is 1.00 bits per heavy atom. The van der Waals surface area contributed by atoms with E-state index in [1.165, 1.54) is 16.9 Å². The highest BCUT2D eigenvalue weighted by molar-refractivity contribution is 7.12. The van der Waals surface area contributed by atoms with E-state index in [9.17, 15) is 9.90 Å². The van der Waals surface area contributed by atoms with Crippen molar-refractivity contribution in [2.24, 2.45) is 0 Å². The topological polar surface area (TPSA) is 87.1 Å². The van der Waals surface area contributed by atoms with Crippen molar-refractivity contribution in [3.8, 4) is 17.0 Å². The van der Waals surface area contributed by atoms with Crippen LogP contribution < -0.4 is 10.6 Å². The molecule has 0 saturated heterocycles. The first-order valence-corrected chi connectivity index (χ1v) is 10.4. The molecule has 2 heterocycles. The number of aromatic hydroxyl groups is 1. The van der Waals surface area contributed by atoms with Gasteiger partial charge < -0.3 is 15.7 Å². The van der Waals surface area contributed by atoms with Gasteiger partial charge in [0.15, 0.2) is 0 Å². The van der Waals surface area contributed by atoms with Gasteiger partial charge in [-0.15, -0.1) is 11.3 Å². The van der Waals surface area contributed by atoms with Gasteiger partial charge in [-0.2, -0.15) is 0 Å². The summed E-state index contributed by atoms with van der Waals surface area (Å²) in [5.74, 6) is 0.499. The Labute approximate surface area is 178 Å². The third kappa shape index (κ3) is 4.82. The van der Waals surface area contributed by atoms with Gasteiger partial charge in [0.25, 0.3) is 5.91 Å². The number of hydrogen-bond donors (Lipinski definition) is 3. The fourth-order valence-electron chi connectivity index (χ4n) is 2.97. The molecule has 7 heteroatoms. The average molecular weight is 417 g/mol. The monoisotopic (exact) mass is 416 g/mol. The number of phenols is 1. The van der Waals surface area contributed by atoms with E-state index in [0.29, 0.717) is 23.1 Å². The molecule has 0 unspecified atom stereocenters. The molecule has 4 rings (SSSR count). The van der Waals surface area contributed by atoms with Crippen LogP contribution in [0.1, 0.15) is 15.2 Å². The number of carbonyl (C=O) groups excluding carboxylic acids is 1. The third-order valence-electron chi connectivity index (χ3n) is 4.47. The van der Waals surface area contributed by atoms with Crippen LogP contribution in [0.25, 0.3) is 11.3 Å². The van der Waals surface area contributed by atoms with Gasteiger partial charge in [0, 0.05) is 24.0 Å². The summed E-state index contributed by atoms with van der Waals surface area (Å²) in [5.41, 5.74) is 3.38. The van der Waals surface area contributed by atoms with Gasteiger partial charge in [-0.25, -0.2) is 9.97 Å².